The molecule has 3 aromatic rings. The monoisotopic (exact) mass is 373 g/mol. The molecule has 0 unspecified atom stereocenters. The highest BCUT2D eigenvalue weighted by Gasteiger charge is 2.09. The van der Waals surface area contributed by atoms with Crippen LogP contribution in [-0.4, -0.2) is 31.2 Å². The van der Waals surface area contributed by atoms with E-state index >= 15 is 0 Å². The van der Waals surface area contributed by atoms with Gasteiger partial charge in [0.05, 0.1) is 0 Å². The minimum Gasteiger partial charge on any atom is -0.381 e. The fourth-order valence-corrected chi connectivity index (χ4v) is 3.42. The molecule has 1 aliphatic heterocycles. The number of pyridine rings is 1. The number of nitrogens with zero attached hydrogens (tertiary/aromatic N) is 2. The largest absolute Gasteiger partial charge is 0.381 e. The van der Waals surface area contributed by atoms with E-state index < -0.39 is 0 Å². The van der Waals surface area contributed by atoms with Crippen LogP contribution in [0.1, 0.15) is 12.0 Å². The van der Waals surface area contributed by atoms with Crippen LogP contribution in [0.15, 0.2) is 72.9 Å². The summed E-state index contributed by atoms with van der Waals surface area (Å²) in [6, 6.07) is 23.0. The maximum Gasteiger partial charge on any atom is 0.132 e. The van der Waals surface area contributed by atoms with Crippen molar-refractivity contribution in [2.75, 3.05) is 41.7 Å². The van der Waals surface area contributed by atoms with Crippen LogP contribution < -0.4 is 20.9 Å². The van der Waals surface area contributed by atoms with E-state index in [0.717, 1.165) is 49.9 Å². The summed E-state index contributed by atoms with van der Waals surface area (Å²) < 4.78 is 0. The average Bonchev–Trinajstić information content (AvgIpc) is 3.04. The van der Waals surface area contributed by atoms with Gasteiger partial charge in [-0.1, -0.05) is 30.3 Å². The molecular weight excluding hydrogens is 346 g/mol. The normalized spacial score (nSPS) is 14.4. The highest BCUT2D eigenvalue weighted by atomic mass is 15.2. The van der Waals surface area contributed by atoms with E-state index in [1.807, 2.05) is 24.4 Å². The maximum atomic E-state index is 4.44. The van der Waals surface area contributed by atoms with Gasteiger partial charge < -0.3 is 20.9 Å². The van der Waals surface area contributed by atoms with Crippen molar-refractivity contribution in [2.24, 2.45) is 0 Å². The van der Waals surface area contributed by atoms with E-state index in [0.29, 0.717) is 0 Å². The molecule has 0 atom stereocenters. The molecule has 0 spiro atoms. The van der Waals surface area contributed by atoms with Crippen molar-refractivity contribution in [1.29, 1.82) is 0 Å². The Hall–Kier alpha value is -3.05. The van der Waals surface area contributed by atoms with Gasteiger partial charge in [-0.3, -0.25) is 0 Å². The number of hydrogen-bond donors (Lipinski definition) is 3. The molecule has 0 radical (unpaired) electrons. The number of aromatic nitrogens is 1. The summed E-state index contributed by atoms with van der Waals surface area (Å²) in [4.78, 5) is 6.89. The predicted molar refractivity (Wildman–Crippen MR) is 117 cm³/mol. The molecule has 5 nitrogen and oxygen atoms in total. The number of benzene rings is 2. The number of anilines is 4. The number of hydrogen-bond acceptors (Lipinski definition) is 5. The Labute approximate surface area is 166 Å². The van der Waals surface area contributed by atoms with Crippen LogP contribution in [0, 0.1) is 0 Å². The predicted octanol–water partition coefficient (Wildman–Crippen LogP) is 4.24. The molecule has 0 amide bonds. The first-order chi connectivity index (χ1) is 13.9. The molecule has 1 saturated heterocycles. The molecule has 28 heavy (non-hydrogen) atoms. The van der Waals surface area contributed by atoms with Crippen LogP contribution >= 0.6 is 0 Å². The summed E-state index contributed by atoms with van der Waals surface area (Å²) in [6.07, 6.45) is 3.01. The molecule has 1 aliphatic rings. The van der Waals surface area contributed by atoms with E-state index in [4.69, 9.17) is 0 Å². The standard InChI is InChI=1S/C23H27N5/c1-2-5-19(6-3-1)18-26-21-11-13-25-23(17-21)27-20-7-9-22(10-8-20)28-15-4-12-24-14-16-28/h1-3,5-11,13,17,24H,4,12,14-16,18H2,(H2,25,26,27). The first-order valence-corrected chi connectivity index (χ1v) is 9.93. The van der Waals surface area contributed by atoms with Gasteiger partial charge in [-0.2, -0.15) is 0 Å². The average molecular weight is 374 g/mol. The van der Waals surface area contributed by atoms with E-state index in [1.165, 1.54) is 17.7 Å². The lowest BCUT2D eigenvalue weighted by Crippen LogP contribution is -2.27. The van der Waals surface area contributed by atoms with Gasteiger partial charge in [0.2, 0.25) is 0 Å². The molecule has 5 heteroatoms. The Morgan fingerprint density at radius 3 is 2.61 bits per heavy atom. The van der Waals surface area contributed by atoms with Crippen LogP contribution in [0.2, 0.25) is 0 Å². The Morgan fingerprint density at radius 1 is 0.893 bits per heavy atom. The maximum absolute atomic E-state index is 4.44. The molecule has 1 aromatic heterocycles. The Bertz CT molecular complexity index is 856. The van der Waals surface area contributed by atoms with E-state index in [2.05, 4.69) is 74.4 Å². The molecule has 2 heterocycles. The molecular formula is C23H27N5. The zero-order chi connectivity index (χ0) is 19.0. The van der Waals surface area contributed by atoms with Crippen LogP contribution in [-0.2, 0) is 6.54 Å². The lowest BCUT2D eigenvalue weighted by molar-refractivity contribution is 0.724. The van der Waals surface area contributed by atoms with Crippen LogP contribution in [0.5, 0.6) is 0 Å². The minimum absolute atomic E-state index is 0.795. The van der Waals surface area contributed by atoms with Crippen molar-refractivity contribution in [3.8, 4) is 0 Å². The second kappa shape index (κ2) is 9.24. The van der Waals surface area contributed by atoms with Gasteiger partial charge in [0.1, 0.15) is 5.82 Å². The Balaban J connectivity index is 1.37. The molecule has 2 aromatic carbocycles. The minimum atomic E-state index is 0.795. The summed E-state index contributed by atoms with van der Waals surface area (Å²) in [7, 11) is 0. The highest BCUT2D eigenvalue weighted by Crippen LogP contribution is 2.22. The van der Waals surface area contributed by atoms with Gasteiger partial charge in [0.25, 0.3) is 0 Å². The van der Waals surface area contributed by atoms with Crippen LogP contribution in [0.25, 0.3) is 0 Å². The summed E-state index contributed by atoms with van der Waals surface area (Å²) in [6.45, 7) is 5.12. The Kier molecular flexibility index (Phi) is 6.05. The molecule has 0 aliphatic carbocycles. The molecule has 0 bridgehead atoms. The first kappa shape index (κ1) is 18.3. The van der Waals surface area contributed by atoms with E-state index in [9.17, 15) is 0 Å². The van der Waals surface area contributed by atoms with E-state index in [-0.39, 0.29) is 0 Å². The quantitative estimate of drug-likeness (QED) is 0.603. The smallest absolute Gasteiger partial charge is 0.132 e. The molecule has 4 rings (SSSR count). The molecule has 0 saturated carbocycles. The van der Waals surface area contributed by atoms with Crippen molar-refractivity contribution < 1.29 is 0 Å². The van der Waals surface area contributed by atoms with Crippen molar-refractivity contribution in [1.82, 2.24) is 10.3 Å². The van der Waals surface area contributed by atoms with Crippen molar-refractivity contribution in [2.45, 2.75) is 13.0 Å². The SMILES string of the molecule is c1ccc(CNc2ccnc(Nc3ccc(N4CCCNCC4)cc3)c2)cc1. The van der Waals surface area contributed by atoms with Gasteiger partial charge in [0, 0.05) is 55.5 Å². The van der Waals surface area contributed by atoms with Gasteiger partial charge in [-0.25, -0.2) is 4.98 Å². The van der Waals surface area contributed by atoms with E-state index in [1.54, 1.807) is 0 Å². The summed E-state index contributed by atoms with van der Waals surface area (Å²) in [5.74, 6) is 0.838. The topological polar surface area (TPSA) is 52.2 Å². The third kappa shape index (κ3) is 5.02. The highest BCUT2D eigenvalue weighted by molar-refractivity contribution is 5.63. The van der Waals surface area contributed by atoms with Gasteiger partial charge >= 0.3 is 0 Å². The first-order valence-electron chi connectivity index (χ1n) is 9.93. The fourth-order valence-electron chi connectivity index (χ4n) is 3.42. The zero-order valence-electron chi connectivity index (χ0n) is 16.1. The molecule has 1 fully saturated rings. The van der Waals surface area contributed by atoms with Gasteiger partial charge in [-0.05, 0) is 48.9 Å². The fraction of sp³-hybridized carbons (Fsp3) is 0.261. The number of nitrogens with one attached hydrogen (secondary N) is 3. The Morgan fingerprint density at radius 2 is 1.75 bits per heavy atom. The second-order valence-electron chi connectivity index (χ2n) is 7.03. The van der Waals surface area contributed by atoms with Gasteiger partial charge in [0.15, 0.2) is 0 Å². The molecule has 144 valence electrons. The van der Waals surface area contributed by atoms with Crippen LogP contribution in [0.4, 0.5) is 22.9 Å². The summed E-state index contributed by atoms with van der Waals surface area (Å²) >= 11 is 0. The van der Waals surface area contributed by atoms with Gasteiger partial charge in [-0.15, -0.1) is 0 Å². The zero-order valence-corrected chi connectivity index (χ0v) is 16.1. The van der Waals surface area contributed by atoms with Crippen LogP contribution in [0.3, 0.4) is 0 Å². The summed E-state index contributed by atoms with van der Waals surface area (Å²) in [5, 5.41) is 10.3. The van der Waals surface area contributed by atoms with Crippen molar-refractivity contribution in [3.05, 3.63) is 78.5 Å². The summed E-state index contributed by atoms with van der Waals surface area (Å²) in [5.41, 5.74) is 4.63. The lowest BCUT2D eigenvalue weighted by atomic mass is 10.2. The third-order valence-corrected chi connectivity index (χ3v) is 4.94. The van der Waals surface area contributed by atoms with Crippen molar-refractivity contribution in [3.63, 3.8) is 0 Å². The third-order valence-electron chi connectivity index (χ3n) is 4.94. The number of rotatable bonds is 6. The van der Waals surface area contributed by atoms with Crippen molar-refractivity contribution >= 4 is 22.9 Å². The second-order valence-corrected chi connectivity index (χ2v) is 7.03. The lowest BCUT2D eigenvalue weighted by Gasteiger charge is -2.22. The molecule has 3 N–H and O–H groups in total.